The predicted molar refractivity (Wildman–Crippen MR) is 77.0 cm³/mol. The lowest BCUT2D eigenvalue weighted by molar-refractivity contribution is 0.389. The first-order chi connectivity index (χ1) is 9.28. The van der Waals surface area contributed by atoms with Crippen molar-refractivity contribution in [3.05, 3.63) is 47.2 Å². The van der Waals surface area contributed by atoms with Crippen LogP contribution in [0.1, 0.15) is 0 Å². The van der Waals surface area contributed by atoms with Gasteiger partial charge >= 0.3 is 0 Å². The molecule has 19 heavy (non-hydrogen) atoms. The van der Waals surface area contributed by atoms with E-state index in [1.807, 2.05) is 30.5 Å². The molecule has 5 heteroatoms. The van der Waals surface area contributed by atoms with E-state index < -0.39 is 0 Å². The van der Waals surface area contributed by atoms with Crippen molar-refractivity contribution in [3.8, 4) is 17.1 Å². The Morgan fingerprint density at radius 2 is 1.95 bits per heavy atom. The highest BCUT2D eigenvalue weighted by Crippen LogP contribution is 2.27. The molecular weight excluding hydrogens is 306 g/mol. The van der Waals surface area contributed by atoms with Gasteiger partial charge in [-0.15, -0.1) is 10.2 Å². The number of aromatic nitrogens is 3. The molecule has 0 fully saturated rings. The first kappa shape index (κ1) is 12.0. The summed E-state index contributed by atoms with van der Waals surface area (Å²) >= 11 is 3.42. The Kier molecular flexibility index (Phi) is 3.13. The van der Waals surface area contributed by atoms with Crippen LogP contribution >= 0.6 is 15.9 Å². The predicted octanol–water partition coefficient (Wildman–Crippen LogP) is 3.46. The van der Waals surface area contributed by atoms with Gasteiger partial charge in [0.2, 0.25) is 5.88 Å². The third kappa shape index (κ3) is 2.29. The van der Waals surface area contributed by atoms with Crippen LogP contribution in [0.2, 0.25) is 0 Å². The van der Waals surface area contributed by atoms with Gasteiger partial charge in [0.15, 0.2) is 0 Å². The molecule has 2 heterocycles. The number of halogens is 1. The van der Waals surface area contributed by atoms with Crippen LogP contribution in [-0.2, 0) is 0 Å². The Bertz CT molecular complexity index is 746. The van der Waals surface area contributed by atoms with E-state index in [0.29, 0.717) is 5.88 Å². The zero-order valence-electron chi connectivity index (χ0n) is 10.2. The lowest BCUT2D eigenvalue weighted by Gasteiger charge is -2.05. The Labute approximate surface area is 118 Å². The van der Waals surface area contributed by atoms with Gasteiger partial charge in [-0.25, -0.2) is 0 Å². The number of fused-ring (bicyclic) bond motifs is 1. The molecule has 3 aromatic rings. The zero-order valence-corrected chi connectivity index (χ0v) is 11.8. The summed E-state index contributed by atoms with van der Waals surface area (Å²) in [6.45, 7) is 0. The van der Waals surface area contributed by atoms with E-state index >= 15 is 0 Å². The molecule has 1 aromatic carbocycles. The van der Waals surface area contributed by atoms with E-state index in [9.17, 15) is 0 Å². The van der Waals surface area contributed by atoms with E-state index in [0.717, 1.165) is 26.5 Å². The maximum absolute atomic E-state index is 5.08. The summed E-state index contributed by atoms with van der Waals surface area (Å²) < 4.78 is 5.86. The van der Waals surface area contributed by atoms with Gasteiger partial charge in [0.05, 0.1) is 17.3 Å². The molecule has 3 rings (SSSR count). The lowest BCUT2D eigenvalue weighted by atomic mass is 10.1. The molecule has 2 aromatic heterocycles. The van der Waals surface area contributed by atoms with E-state index in [-0.39, 0.29) is 0 Å². The molecule has 0 amide bonds. The summed E-state index contributed by atoms with van der Waals surface area (Å²) in [6, 6.07) is 9.98. The molecule has 0 atom stereocenters. The fourth-order valence-corrected chi connectivity index (χ4v) is 2.34. The molecule has 0 N–H and O–H groups in total. The second-order valence-electron chi connectivity index (χ2n) is 4.02. The highest BCUT2D eigenvalue weighted by atomic mass is 79.9. The molecule has 0 saturated heterocycles. The molecular formula is C14H10BrN3O. The van der Waals surface area contributed by atoms with Gasteiger partial charge in [0, 0.05) is 23.3 Å². The van der Waals surface area contributed by atoms with Crippen molar-refractivity contribution >= 4 is 26.7 Å². The largest absolute Gasteiger partial charge is 0.479 e. The summed E-state index contributed by atoms with van der Waals surface area (Å²) in [4.78, 5) is 4.10. The van der Waals surface area contributed by atoms with Gasteiger partial charge in [0.25, 0.3) is 0 Å². The Hall–Kier alpha value is -2.01. The molecule has 0 aliphatic heterocycles. The smallest absolute Gasteiger partial charge is 0.247 e. The number of hydrogen-bond donors (Lipinski definition) is 0. The third-order valence-electron chi connectivity index (χ3n) is 2.85. The van der Waals surface area contributed by atoms with Crippen LogP contribution in [0.3, 0.4) is 0 Å². The van der Waals surface area contributed by atoms with Crippen LogP contribution in [0.15, 0.2) is 47.2 Å². The SMILES string of the molecule is COc1nnc(-c2ccc3cnccc3c2)cc1Br. The fourth-order valence-electron chi connectivity index (χ4n) is 1.88. The second kappa shape index (κ2) is 4.93. The van der Waals surface area contributed by atoms with Crippen molar-refractivity contribution in [2.24, 2.45) is 0 Å². The number of benzene rings is 1. The maximum atomic E-state index is 5.08. The molecule has 0 spiro atoms. The van der Waals surface area contributed by atoms with E-state index in [2.05, 4.69) is 37.2 Å². The summed E-state index contributed by atoms with van der Waals surface area (Å²) in [5.41, 5.74) is 1.81. The van der Waals surface area contributed by atoms with Crippen molar-refractivity contribution in [1.29, 1.82) is 0 Å². The number of rotatable bonds is 2. The molecule has 0 saturated carbocycles. The monoisotopic (exact) mass is 315 g/mol. The second-order valence-corrected chi connectivity index (χ2v) is 4.88. The minimum absolute atomic E-state index is 0.480. The molecule has 4 nitrogen and oxygen atoms in total. The van der Waals surface area contributed by atoms with Crippen molar-refractivity contribution in [3.63, 3.8) is 0 Å². The van der Waals surface area contributed by atoms with Gasteiger partial charge in [-0.1, -0.05) is 12.1 Å². The Morgan fingerprint density at radius 1 is 1.05 bits per heavy atom. The highest BCUT2D eigenvalue weighted by Gasteiger charge is 2.07. The number of methoxy groups -OCH3 is 1. The van der Waals surface area contributed by atoms with Gasteiger partial charge in [-0.05, 0) is 39.5 Å². The molecule has 0 radical (unpaired) electrons. The average molecular weight is 316 g/mol. The van der Waals surface area contributed by atoms with Crippen LogP contribution in [0.5, 0.6) is 5.88 Å². The molecule has 0 aliphatic rings. The summed E-state index contributed by atoms with van der Waals surface area (Å²) in [5.74, 6) is 0.480. The average Bonchev–Trinajstić information content (AvgIpc) is 2.46. The standard InChI is InChI=1S/C14H10BrN3O/c1-19-14-12(15)7-13(17-18-14)10-2-3-11-8-16-5-4-9(11)6-10/h2-8H,1H3. The number of pyridine rings is 1. The number of hydrogen-bond acceptors (Lipinski definition) is 4. The fraction of sp³-hybridized carbons (Fsp3) is 0.0714. The number of ether oxygens (including phenoxy) is 1. The maximum Gasteiger partial charge on any atom is 0.247 e. The molecule has 0 bridgehead atoms. The van der Waals surface area contributed by atoms with Crippen molar-refractivity contribution in [2.45, 2.75) is 0 Å². The van der Waals surface area contributed by atoms with Crippen LogP contribution in [0.25, 0.3) is 22.0 Å². The summed E-state index contributed by atoms with van der Waals surface area (Å²) in [5, 5.41) is 10.4. The number of nitrogens with zero attached hydrogens (tertiary/aromatic N) is 3. The van der Waals surface area contributed by atoms with Gasteiger partial charge in [0.1, 0.15) is 0 Å². The quantitative estimate of drug-likeness (QED) is 0.726. The Morgan fingerprint density at radius 3 is 2.74 bits per heavy atom. The van der Waals surface area contributed by atoms with Crippen molar-refractivity contribution in [2.75, 3.05) is 7.11 Å². The minimum atomic E-state index is 0.480. The first-order valence-electron chi connectivity index (χ1n) is 5.69. The van der Waals surface area contributed by atoms with Crippen LogP contribution < -0.4 is 4.74 Å². The first-order valence-corrected chi connectivity index (χ1v) is 6.48. The molecule has 0 aliphatic carbocycles. The summed E-state index contributed by atoms with van der Waals surface area (Å²) in [6.07, 6.45) is 3.62. The summed E-state index contributed by atoms with van der Waals surface area (Å²) in [7, 11) is 1.57. The van der Waals surface area contributed by atoms with Crippen molar-refractivity contribution in [1.82, 2.24) is 15.2 Å². The van der Waals surface area contributed by atoms with Crippen LogP contribution in [0.4, 0.5) is 0 Å². The highest BCUT2D eigenvalue weighted by molar-refractivity contribution is 9.10. The lowest BCUT2D eigenvalue weighted by Crippen LogP contribution is -1.94. The van der Waals surface area contributed by atoms with Crippen LogP contribution in [0, 0.1) is 0 Å². The van der Waals surface area contributed by atoms with E-state index in [1.165, 1.54) is 0 Å². The van der Waals surface area contributed by atoms with Gasteiger partial charge in [-0.3, -0.25) is 4.98 Å². The topological polar surface area (TPSA) is 47.9 Å². The zero-order chi connectivity index (χ0) is 13.2. The van der Waals surface area contributed by atoms with Gasteiger partial charge < -0.3 is 4.74 Å². The van der Waals surface area contributed by atoms with E-state index in [1.54, 1.807) is 13.3 Å². The van der Waals surface area contributed by atoms with E-state index in [4.69, 9.17) is 4.74 Å². The van der Waals surface area contributed by atoms with Gasteiger partial charge in [-0.2, -0.15) is 0 Å². The third-order valence-corrected chi connectivity index (χ3v) is 3.41. The Balaban J connectivity index is 2.11. The molecule has 0 unspecified atom stereocenters. The molecule has 94 valence electrons. The normalized spacial score (nSPS) is 10.6. The van der Waals surface area contributed by atoms with Crippen LogP contribution in [-0.4, -0.2) is 22.3 Å². The van der Waals surface area contributed by atoms with Crippen molar-refractivity contribution < 1.29 is 4.74 Å². The minimum Gasteiger partial charge on any atom is -0.479 e.